The molecule has 1 amide bonds. The molecular formula is C13H18BrNO. The number of carbonyl (C=O) groups is 1. The minimum absolute atomic E-state index is 0.0900. The monoisotopic (exact) mass is 283 g/mol. The summed E-state index contributed by atoms with van der Waals surface area (Å²) in [5.41, 5.74) is 2.27. The topological polar surface area (TPSA) is 29.1 Å². The van der Waals surface area contributed by atoms with Crippen LogP contribution in [0.4, 0.5) is 0 Å². The fourth-order valence-corrected chi connectivity index (χ4v) is 1.57. The molecule has 1 atom stereocenters. The van der Waals surface area contributed by atoms with Gasteiger partial charge in [0.1, 0.15) is 0 Å². The predicted molar refractivity (Wildman–Crippen MR) is 70.9 cm³/mol. The number of aryl methyl sites for hydroxylation is 1. The van der Waals surface area contributed by atoms with E-state index < -0.39 is 0 Å². The third-order valence-electron chi connectivity index (χ3n) is 2.58. The van der Waals surface area contributed by atoms with E-state index in [9.17, 15) is 4.79 Å². The summed E-state index contributed by atoms with van der Waals surface area (Å²) in [6.45, 7) is 4.82. The van der Waals surface area contributed by atoms with Gasteiger partial charge in [0.25, 0.3) is 0 Å². The zero-order valence-corrected chi connectivity index (χ0v) is 11.4. The Morgan fingerprint density at radius 2 is 2.12 bits per heavy atom. The summed E-state index contributed by atoms with van der Waals surface area (Å²) in [6.07, 6.45) is 1.49. The Labute approximate surface area is 106 Å². The highest BCUT2D eigenvalue weighted by atomic mass is 79.9. The zero-order valence-electron chi connectivity index (χ0n) is 9.79. The molecule has 0 bridgehead atoms. The van der Waals surface area contributed by atoms with Gasteiger partial charge in [-0.05, 0) is 24.5 Å². The minimum atomic E-state index is 0.0900. The standard InChI is InChI=1S/C13H18BrNO/c1-3-12(14)9-15-13(16)8-11-7-5-4-6-10(11)2/h4-7,12H,3,8-9H2,1-2H3,(H,15,16). The maximum Gasteiger partial charge on any atom is 0.224 e. The number of benzene rings is 1. The Balaban J connectivity index is 2.43. The van der Waals surface area contributed by atoms with Crippen LogP contribution in [0.3, 0.4) is 0 Å². The van der Waals surface area contributed by atoms with Crippen LogP contribution in [0.2, 0.25) is 0 Å². The van der Waals surface area contributed by atoms with Crippen molar-refractivity contribution in [1.29, 1.82) is 0 Å². The fraction of sp³-hybridized carbons (Fsp3) is 0.462. The van der Waals surface area contributed by atoms with Crippen molar-refractivity contribution in [2.75, 3.05) is 6.54 Å². The molecule has 0 saturated heterocycles. The van der Waals surface area contributed by atoms with Crippen molar-refractivity contribution < 1.29 is 4.79 Å². The number of carbonyl (C=O) groups excluding carboxylic acids is 1. The van der Waals surface area contributed by atoms with E-state index >= 15 is 0 Å². The lowest BCUT2D eigenvalue weighted by atomic mass is 10.1. The molecule has 0 radical (unpaired) electrons. The highest BCUT2D eigenvalue weighted by Crippen LogP contribution is 2.08. The third kappa shape index (κ3) is 4.35. The second-order valence-electron chi connectivity index (χ2n) is 3.91. The van der Waals surface area contributed by atoms with Crippen molar-refractivity contribution in [1.82, 2.24) is 5.32 Å². The lowest BCUT2D eigenvalue weighted by Crippen LogP contribution is -2.30. The summed E-state index contributed by atoms with van der Waals surface area (Å²) >= 11 is 3.49. The van der Waals surface area contributed by atoms with E-state index in [0.29, 0.717) is 17.8 Å². The number of amides is 1. The SMILES string of the molecule is CCC(Br)CNC(=O)Cc1ccccc1C. The summed E-state index contributed by atoms with van der Waals surface area (Å²) in [4.78, 5) is 12.0. The van der Waals surface area contributed by atoms with Gasteiger partial charge < -0.3 is 5.32 Å². The first-order valence-corrected chi connectivity index (χ1v) is 6.50. The first kappa shape index (κ1) is 13.2. The summed E-state index contributed by atoms with van der Waals surface area (Å²) in [5, 5.41) is 2.92. The molecular weight excluding hydrogens is 266 g/mol. The van der Waals surface area contributed by atoms with Gasteiger partial charge in [-0.2, -0.15) is 0 Å². The molecule has 0 fully saturated rings. The Bertz CT molecular complexity index is 352. The number of rotatable bonds is 5. The highest BCUT2D eigenvalue weighted by Gasteiger charge is 2.07. The molecule has 2 nitrogen and oxygen atoms in total. The van der Waals surface area contributed by atoms with Gasteiger partial charge in [0.05, 0.1) is 6.42 Å². The molecule has 0 aliphatic heterocycles. The van der Waals surface area contributed by atoms with Crippen molar-refractivity contribution in [3.05, 3.63) is 35.4 Å². The second kappa shape index (κ2) is 6.69. The highest BCUT2D eigenvalue weighted by molar-refractivity contribution is 9.09. The van der Waals surface area contributed by atoms with E-state index in [1.54, 1.807) is 0 Å². The average molecular weight is 284 g/mol. The largest absolute Gasteiger partial charge is 0.355 e. The van der Waals surface area contributed by atoms with E-state index in [4.69, 9.17) is 0 Å². The van der Waals surface area contributed by atoms with E-state index in [2.05, 4.69) is 28.2 Å². The van der Waals surface area contributed by atoms with Crippen LogP contribution in [-0.2, 0) is 11.2 Å². The molecule has 3 heteroatoms. The Kier molecular flexibility index (Phi) is 5.53. The molecule has 0 heterocycles. The molecule has 1 aromatic rings. The van der Waals surface area contributed by atoms with Crippen LogP contribution in [0.1, 0.15) is 24.5 Å². The van der Waals surface area contributed by atoms with Gasteiger partial charge in [0.2, 0.25) is 5.91 Å². The number of alkyl halides is 1. The van der Waals surface area contributed by atoms with E-state index in [1.165, 1.54) is 5.56 Å². The van der Waals surface area contributed by atoms with Crippen LogP contribution in [-0.4, -0.2) is 17.3 Å². The van der Waals surface area contributed by atoms with Crippen LogP contribution in [0, 0.1) is 6.92 Å². The van der Waals surface area contributed by atoms with Crippen molar-refractivity contribution in [3.63, 3.8) is 0 Å². The van der Waals surface area contributed by atoms with Gasteiger partial charge >= 0.3 is 0 Å². The summed E-state index contributed by atoms with van der Waals surface area (Å²) in [5.74, 6) is 0.0900. The molecule has 1 unspecified atom stereocenters. The normalized spacial score (nSPS) is 12.2. The molecule has 0 aliphatic carbocycles. The van der Waals surface area contributed by atoms with Crippen molar-refractivity contribution in [2.45, 2.75) is 31.5 Å². The smallest absolute Gasteiger partial charge is 0.224 e. The van der Waals surface area contributed by atoms with Gasteiger partial charge in [0.15, 0.2) is 0 Å². The zero-order chi connectivity index (χ0) is 12.0. The lowest BCUT2D eigenvalue weighted by molar-refractivity contribution is -0.120. The van der Waals surface area contributed by atoms with Crippen LogP contribution < -0.4 is 5.32 Å². The van der Waals surface area contributed by atoms with Gasteiger partial charge in [-0.15, -0.1) is 0 Å². The molecule has 0 aliphatic rings. The molecule has 1 rings (SSSR count). The van der Waals surface area contributed by atoms with Crippen molar-refractivity contribution in [3.8, 4) is 0 Å². The van der Waals surface area contributed by atoms with Crippen LogP contribution in [0.25, 0.3) is 0 Å². The molecule has 1 N–H and O–H groups in total. The summed E-state index contributed by atoms with van der Waals surface area (Å²) in [6, 6.07) is 7.99. The van der Waals surface area contributed by atoms with E-state index in [1.807, 2.05) is 31.2 Å². The quantitative estimate of drug-likeness (QED) is 0.828. The van der Waals surface area contributed by atoms with Gasteiger partial charge in [-0.1, -0.05) is 47.1 Å². The van der Waals surface area contributed by atoms with Crippen molar-refractivity contribution >= 4 is 21.8 Å². The third-order valence-corrected chi connectivity index (χ3v) is 3.55. The average Bonchev–Trinajstić information content (AvgIpc) is 2.29. The first-order chi connectivity index (χ1) is 7.63. The molecule has 88 valence electrons. The Morgan fingerprint density at radius 1 is 1.44 bits per heavy atom. The molecule has 16 heavy (non-hydrogen) atoms. The van der Waals surface area contributed by atoms with Crippen molar-refractivity contribution in [2.24, 2.45) is 0 Å². The molecule has 0 aromatic heterocycles. The molecule has 0 spiro atoms. The maximum atomic E-state index is 11.7. The molecule has 1 aromatic carbocycles. The lowest BCUT2D eigenvalue weighted by Gasteiger charge is -2.09. The number of hydrogen-bond donors (Lipinski definition) is 1. The second-order valence-corrected chi connectivity index (χ2v) is 5.21. The summed E-state index contributed by atoms with van der Waals surface area (Å²) < 4.78 is 0. The van der Waals surface area contributed by atoms with Gasteiger partial charge in [0, 0.05) is 11.4 Å². The first-order valence-electron chi connectivity index (χ1n) is 5.58. The van der Waals surface area contributed by atoms with Crippen LogP contribution in [0.5, 0.6) is 0 Å². The van der Waals surface area contributed by atoms with E-state index in [0.717, 1.165) is 12.0 Å². The van der Waals surface area contributed by atoms with E-state index in [-0.39, 0.29) is 5.91 Å². The van der Waals surface area contributed by atoms with Gasteiger partial charge in [-0.25, -0.2) is 0 Å². The number of hydrogen-bond acceptors (Lipinski definition) is 1. The van der Waals surface area contributed by atoms with Crippen LogP contribution in [0.15, 0.2) is 24.3 Å². The fourth-order valence-electron chi connectivity index (χ4n) is 1.41. The van der Waals surface area contributed by atoms with Crippen LogP contribution >= 0.6 is 15.9 Å². The summed E-state index contributed by atoms with van der Waals surface area (Å²) in [7, 11) is 0. The van der Waals surface area contributed by atoms with Gasteiger partial charge in [-0.3, -0.25) is 4.79 Å². The minimum Gasteiger partial charge on any atom is -0.355 e. The Hall–Kier alpha value is -0.830. The number of halogens is 1. The maximum absolute atomic E-state index is 11.7. The number of nitrogens with one attached hydrogen (secondary N) is 1. The molecule has 0 saturated carbocycles. The predicted octanol–water partition coefficient (Wildman–Crippen LogP) is 2.83. The Morgan fingerprint density at radius 3 is 2.75 bits per heavy atom.